The Hall–Kier alpha value is -4.13. The Kier molecular flexibility index (Phi) is 5.99. The number of carbonyl (C=O) groups excluding carboxylic acids is 3. The number of urea groups is 1. The normalized spacial score (nSPS) is 15.1. The van der Waals surface area contributed by atoms with Gasteiger partial charge in [0.15, 0.2) is 0 Å². The molecule has 5 rings (SSSR count). The fraction of sp³-hybridized carbons (Fsp3) is 0.222. The minimum Gasteiger partial charge on any atom is -0.335 e. The van der Waals surface area contributed by atoms with Crippen LogP contribution in [0.3, 0.4) is 0 Å². The molecule has 0 saturated carbocycles. The van der Waals surface area contributed by atoms with Crippen LogP contribution >= 0.6 is 0 Å². The van der Waals surface area contributed by atoms with Gasteiger partial charge in [-0.2, -0.15) is 0 Å². The summed E-state index contributed by atoms with van der Waals surface area (Å²) >= 11 is 0. The molecule has 0 aliphatic carbocycles. The molecule has 0 bridgehead atoms. The van der Waals surface area contributed by atoms with Crippen LogP contribution in [0.5, 0.6) is 0 Å². The summed E-state index contributed by atoms with van der Waals surface area (Å²) in [5.74, 6) is -0.0931. The van der Waals surface area contributed by atoms with Crippen molar-refractivity contribution < 1.29 is 14.4 Å². The molecular weight excluding hydrogens is 428 g/mol. The Labute approximate surface area is 198 Å². The zero-order valence-electron chi connectivity index (χ0n) is 18.8. The average molecular weight is 455 g/mol. The van der Waals surface area contributed by atoms with Gasteiger partial charge in [0, 0.05) is 55.2 Å². The lowest BCUT2D eigenvalue weighted by atomic mass is 10.1. The van der Waals surface area contributed by atoms with Gasteiger partial charge in [-0.1, -0.05) is 42.5 Å². The SMILES string of the molecule is O=C(Nc1cccc(C(=O)N2CCc3ccccc32)c1)N1CCN(C(=O)c2ccccc2)CC1. The second kappa shape index (κ2) is 9.39. The standard InChI is InChI=1S/C27H26N4O3/c32-25(21-8-2-1-3-9-21)29-15-17-30(18-16-29)27(34)28-23-11-6-10-22(19-23)26(33)31-14-13-20-7-4-5-12-24(20)31/h1-12,19H,13-18H2,(H,28,34). The minimum absolute atomic E-state index is 0.0182. The average Bonchev–Trinajstić information content (AvgIpc) is 3.33. The lowest BCUT2D eigenvalue weighted by Crippen LogP contribution is -2.51. The van der Waals surface area contributed by atoms with Gasteiger partial charge in [-0.15, -0.1) is 0 Å². The highest BCUT2D eigenvalue weighted by atomic mass is 16.2. The maximum Gasteiger partial charge on any atom is 0.321 e. The van der Waals surface area contributed by atoms with Gasteiger partial charge in [0.2, 0.25) is 0 Å². The first kappa shape index (κ1) is 21.7. The molecule has 2 aliphatic heterocycles. The number of amides is 4. The lowest BCUT2D eigenvalue weighted by Gasteiger charge is -2.34. The predicted molar refractivity (Wildman–Crippen MR) is 131 cm³/mol. The quantitative estimate of drug-likeness (QED) is 0.653. The first-order chi connectivity index (χ1) is 16.6. The van der Waals surface area contributed by atoms with E-state index in [0.29, 0.717) is 49.5 Å². The number of nitrogens with one attached hydrogen (secondary N) is 1. The van der Waals surface area contributed by atoms with Gasteiger partial charge in [0.05, 0.1) is 0 Å². The van der Waals surface area contributed by atoms with Crippen LogP contribution in [-0.2, 0) is 6.42 Å². The molecule has 1 fully saturated rings. The summed E-state index contributed by atoms with van der Waals surface area (Å²) in [4.78, 5) is 43.8. The van der Waals surface area contributed by atoms with Gasteiger partial charge >= 0.3 is 6.03 Å². The molecule has 3 aromatic carbocycles. The van der Waals surface area contributed by atoms with Crippen molar-refractivity contribution in [3.63, 3.8) is 0 Å². The minimum atomic E-state index is -0.233. The number of anilines is 2. The summed E-state index contributed by atoms with van der Waals surface area (Å²) in [6, 6.07) is 23.9. The van der Waals surface area contributed by atoms with Gasteiger partial charge in [-0.05, 0) is 48.4 Å². The molecule has 4 amide bonds. The molecule has 0 unspecified atom stereocenters. The van der Waals surface area contributed by atoms with E-state index in [0.717, 1.165) is 12.1 Å². The van der Waals surface area contributed by atoms with Crippen LogP contribution in [-0.4, -0.2) is 60.4 Å². The number of carbonyl (C=O) groups is 3. The maximum absolute atomic E-state index is 13.1. The van der Waals surface area contributed by atoms with E-state index in [1.807, 2.05) is 42.5 Å². The molecule has 34 heavy (non-hydrogen) atoms. The molecule has 1 N–H and O–H groups in total. The van der Waals surface area contributed by atoms with Crippen molar-refractivity contribution >= 4 is 29.2 Å². The van der Waals surface area contributed by atoms with Crippen molar-refractivity contribution in [3.8, 4) is 0 Å². The van der Waals surface area contributed by atoms with Crippen molar-refractivity contribution in [3.05, 3.63) is 95.6 Å². The molecule has 1 saturated heterocycles. The van der Waals surface area contributed by atoms with E-state index in [4.69, 9.17) is 0 Å². The van der Waals surface area contributed by atoms with Crippen LogP contribution in [0, 0.1) is 0 Å². The van der Waals surface area contributed by atoms with Crippen LogP contribution in [0.15, 0.2) is 78.9 Å². The van der Waals surface area contributed by atoms with Gasteiger partial charge in [-0.3, -0.25) is 9.59 Å². The molecule has 0 spiro atoms. The second-order valence-corrected chi connectivity index (χ2v) is 8.49. The zero-order valence-corrected chi connectivity index (χ0v) is 18.8. The van der Waals surface area contributed by atoms with Gasteiger partial charge in [0.1, 0.15) is 0 Å². The summed E-state index contributed by atoms with van der Waals surface area (Å²) in [5.41, 5.74) is 3.89. The summed E-state index contributed by atoms with van der Waals surface area (Å²) in [6.45, 7) is 2.52. The number of nitrogens with zero attached hydrogens (tertiary/aromatic N) is 3. The summed E-state index contributed by atoms with van der Waals surface area (Å²) in [7, 11) is 0. The third-order valence-electron chi connectivity index (χ3n) is 6.37. The maximum atomic E-state index is 13.1. The third-order valence-corrected chi connectivity index (χ3v) is 6.37. The molecule has 172 valence electrons. The first-order valence-electron chi connectivity index (χ1n) is 11.5. The highest BCUT2D eigenvalue weighted by Crippen LogP contribution is 2.29. The molecule has 0 radical (unpaired) electrons. The van der Waals surface area contributed by atoms with Gasteiger partial charge < -0.3 is 20.0 Å². The fourth-order valence-corrected chi connectivity index (χ4v) is 4.51. The van der Waals surface area contributed by atoms with Crippen molar-refractivity contribution in [2.24, 2.45) is 0 Å². The Morgan fingerprint density at radius 3 is 2.12 bits per heavy atom. The number of para-hydroxylation sites is 1. The second-order valence-electron chi connectivity index (χ2n) is 8.49. The van der Waals surface area contributed by atoms with E-state index in [1.54, 1.807) is 51.1 Å². The van der Waals surface area contributed by atoms with E-state index in [1.165, 1.54) is 5.56 Å². The molecule has 0 atom stereocenters. The Balaban J connectivity index is 1.20. The Morgan fingerprint density at radius 1 is 0.647 bits per heavy atom. The highest BCUT2D eigenvalue weighted by Gasteiger charge is 2.27. The van der Waals surface area contributed by atoms with E-state index in [-0.39, 0.29) is 17.8 Å². The number of hydrogen-bond acceptors (Lipinski definition) is 3. The van der Waals surface area contributed by atoms with Crippen LogP contribution in [0.25, 0.3) is 0 Å². The number of hydrogen-bond donors (Lipinski definition) is 1. The van der Waals surface area contributed by atoms with E-state index >= 15 is 0 Å². The first-order valence-corrected chi connectivity index (χ1v) is 11.5. The number of benzene rings is 3. The van der Waals surface area contributed by atoms with Crippen LogP contribution < -0.4 is 10.2 Å². The van der Waals surface area contributed by atoms with Crippen molar-refractivity contribution in [1.82, 2.24) is 9.80 Å². The van der Waals surface area contributed by atoms with Gasteiger partial charge in [-0.25, -0.2) is 4.79 Å². The van der Waals surface area contributed by atoms with Crippen molar-refractivity contribution in [2.45, 2.75) is 6.42 Å². The number of rotatable bonds is 3. The van der Waals surface area contributed by atoms with Crippen molar-refractivity contribution in [2.75, 3.05) is 42.9 Å². The predicted octanol–water partition coefficient (Wildman–Crippen LogP) is 3.88. The molecule has 7 nitrogen and oxygen atoms in total. The monoisotopic (exact) mass is 454 g/mol. The Morgan fingerprint density at radius 2 is 1.32 bits per heavy atom. The molecular formula is C27H26N4O3. The summed E-state index contributed by atoms with van der Waals surface area (Å²) < 4.78 is 0. The smallest absolute Gasteiger partial charge is 0.321 e. The van der Waals surface area contributed by atoms with E-state index < -0.39 is 0 Å². The van der Waals surface area contributed by atoms with E-state index in [9.17, 15) is 14.4 Å². The highest BCUT2D eigenvalue weighted by molar-refractivity contribution is 6.08. The number of fused-ring (bicyclic) bond motifs is 1. The zero-order chi connectivity index (χ0) is 23.5. The molecule has 7 heteroatoms. The van der Waals surface area contributed by atoms with Crippen molar-refractivity contribution in [1.29, 1.82) is 0 Å². The number of piperazine rings is 1. The molecule has 3 aromatic rings. The topological polar surface area (TPSA) is 73.0 Å². The Bertz CT molecular complexity index is 1220. The molecule has 0 aromatic heterocycles. The third kappa shape index (κ3) is 4.37. The molecule has 2 heterocycles. The van der Waals surface area contributed by atoms with Crippen LogP contribution in [0.4, 0.5) is 16.2 Å². The van der Waals surface area contributed by atoms with Crippen LogP contribution in [0.1, 0.15) is 26.3 Å². The largest absolute Gasteiger partial charge is 0.335 e. The van der Waals surface area contributed by atoms with Gasteiger partial charge in [0.25, 0.3) is 11.8 Å². The van der Waals surface area contributed by atoms with E-state index in [2.05, 4.69) is 5.32 Å². The lowest BCUT2D eigenvalue weighted by molar-refractivity contribution is 0.0671. The molecule has 2 aliphatic rings. The summed E-state index contributed by atoms with van der Waals surface area (Å²) in [5, 5.41) is 2.91. The summed E-state index contributed by atoms with van der Waals surface area (Å²) in [6.07, 6.45) is 0.844. The fourth-order valence-electron chi connectivity index (χ4n) is 4.51. The van der Waals surface area contributed by atoms with Crippen LogP contribution in [0.2, 0.25) is 0 Å².